The Bertz CT molecular complexity index is 956. The number of aliphatic hydroxyl groups is 1. The Morgan fingerprint density at radius 3 is 2.74 bits per heavy atom. The van der Waals surface area contributed by atoms with E-state index in [9.17, 15) is 23.1 Å². The van der Waals surface area contributed by atoms with Crippen LogP contribution in [0.25, 0.3) is 5.52 Å². The van der Waals surface area contributed by atoms with Crippen LogP contribution in [0.4, 0.5) is 13.2 Å². The normalized spacial score (nSPS) is 26.8. The van der Waals surface area contributed by atoms with Crippen molar-refractivity contribution < 1.29 is 23.1 Å². The number of hydrogen-bond acceptors (Lipinski definition) is 4. The number of aromatic nitrogens is 2. The Balaban J connectivity index is 1.61. The summed E-state index contributed by atoms with van der Waals surface area (Å²) in [6.45, 7) is -0.0496. The Labute approximate surface area is 156 Å². The minimum atomic E-state index is -4.60. The van der Waals surface area contributed by atoms with E-state index >= 15 is 0 Å². The van der Waals surface area contributed by atoms with Gasteiger partial charge in [-0.05, 0) is 42.9 Å². The molecule has 3 aliphatic rings. The number of nitrogens with one attached hydrogen (secondary N) is 1. The maximum absolute atomic E-state index is 13.6. The second-order valence-electron chi connectivity index (χ2n) is 7.47. The van der Waals surface area contributed by atoms with Crippen LogP contribution in [0.1, 0.15) is 48.4 Å². The van der Waals surface area contributed by atoms with Gasteiger partial charge in [0.25, 0.3) is 0 Å². The van der Waals surface area contributed by atoms with Crippen LogP contribution in [0.15, 0.2) is 12.1 Å². The van der Waals surface area contributed by atoms with Gasteiger partial charge < -0.3 is 10.4 Å². The molecule has 27 heavy (non-hydrogen) atoms. The highest BCUT2D eigenvalue weighted by Crippen LogP contribution is 2.44. The highest BCUT2D eigenvalue weighted by Gasteiger charge is 2.50. The molecule has 2 saturated carbocycles. The van der Waals surface area contributed by atoms with Gasteiger partial charge >= 0.3 is 6.18 Å². The molecule has 0 spiro atoms. The third-order valence-corrected chi connectivity index (χ3v) is 5.86. The zero-order chi connectivity index (χ0) is 19.1. The van der Waals surface area contributed by atoms with Gasteiger partial charge in [-0.3, -0.25) is 9.69 Å². The number of aliphatic hydroxyl groups excluding tert-OH is 1. The van der Waals surface area contributed by atoms with Gasteiger partial charge in [0.05, 0.1) is 17.1 Å². The van der Waals surface area contributed by atoms with Gasteiger partial charge in [-0.2, -0.15) is 18.3 Å². The smallest absolute Gasteiger partial charge is 0.372 e. The van der Waals surface area contributed by atoms with Crippen molar-refractivity contribution in [2.75, 3.05) is 6.54 Å². The second-order valence-corrected chi connectivity index (χ2v) is 7.84. The van der Waals surface area contributed by atoms with Crippen LogP contribution in [0.2, 0.25) is 5.02 Å². The topological polar surface area (TPSA) is 69.9 Å². The molecule has 2 aliphatic carbocycles. The molecule has 6 nitrogen and oxygen atoms in total. The van der Waals surface area contributed by atoms with Crippen LogP contribution in [-0.4, -0.2) is 44.2 Å². The van der Waals surface area contributed by atoms with Gasteiger partial charge in [-0.1, -0.05) is 11.6 Å². The number of carbonyl (C=O) groups is 1. The first kappa shape index (κ1) is 17.3. The molecule has 1 amide bonds. The van der Waals surface area contributed by atoms with Gasteiger partial charge in [0.2, 0.25) is 5.91 Å². The van der Waals surface area contributed by atoms with E-state index in [1.54, 1.807) is 6.07 Å². The van der Waals surface area contributed by atoms with Crippen molar-refractivity contribution in [3.63, 3.8) is 0 Å². The van der Waals surface area contributed by atoms with Gasteiger partial charge in [0.1, 0.15) is 11.4 Å². The van der Waals surface area contributed by atoms with E-state index in [1.807, 2.05) is 0 Å². The number of rotatable bonds is 3. The number of amides is 1. The van der Waals surface area contributed by atoms with E-state index in [2.05, 4.69) is 10.4 Å². The predicted octanol–water partition coefficient (Wildman–Crippen LogP) is 2.45. The first-order valence-electron chi connectivity index (χ1n) is 8.76. The summed E-state index contributed by atoms with van der Waals surface area (Å²) >= 11 is 6.35. The number of fused-ring (bicyclic) bond motifs is 2. The van der Waals surface area contributed by atoms with Gasteiger partial charge in [-0.15, -0.1) is 0 Å². The quantitative estimate of drug-likeness (QED) is 0.830. The van der Waals surface area contributed by atoms with Crippen LogP contribution < -0.4 is 5.32 Å². The number of halogens is 4. The highest BCUT2D eigenvalue weighted by molar-refractivity contribution is 6.34. The van der Waals surface area contributed by atoms with Crippen molar-refractivity contribution in [3.05, 3.63) is 34.1 Å². The van der Waals surface area contributed by atoms with E-state index in [-0.39, 0.29) is 46.7 Å². The number of alkyl halides is 3. The van der Waals surface area contributed by atoms with Crippen molar-refractivity contribution in [2.24, 2.45) is 0 Å². The van der Waals surface area contributed by atoms with E-state index in [4.69, 9.17) is 11.6 Å². The largest absolute Gasteiger partial charge is 0.433 e. The fourth-order valence-corrected chi connectivity index (χ4v) is 4.11. The molecule has 3 heterocycles. The Kier molecular flexibility index (Phi) is 3.57. The molecule has 2 aromatic heterocycles. The third kappa shape index (κ3) is 2.79. The SMILES string of the molecule is O=C1CN(C(O)c2nn3c(C(F)(F)F)cc(C4CC4)cc3c2Cl)C2CC2N1. The first-order valence-corrected chi connectivity index (χ1v) is 9.14. The molecule has 5 rings (SSSR count). The molecule has 1 saturated heterocycles. The van der Waals surface area contributed by atoms with Gasteiger partial charge in [0.15, 0.2) is 6.23 Å². The Hall–Kier alpha value is -1.84. The zero-order valence-electron chi connectivity index (χ0n) is 14.0. The lowest BCUT2D eigenvalue weighted by atomic mass is 10.1. The molecule has 2 N–H and O–H groups in total. The van der Waals surface area contributed by atoms with E-state index in [1.165, 1.54) is 4.90 Å². The van der Waals surface area contributed by atoms with Gasteiger partial charge in [0, 0.05) is 12.1 Å². The van der Waals surface area contributed by atoms with E-state index < -0.39 is 18.1 Å². The summed E-state index contributed by atoms with van der Waals surface area (Å²) in [5, 5.41) is 17.5. The Morgan fingerprint density at radius 2 is 2.07 bits per heavy atom. The zero-order valence-corrected chi connectivity index (χ0v) is 14.8. The maximum atomic E-state index is 13.6. The molecule has 1 aliphatic heterocycles. The summed E-state index contributed by atoms with van der Waals surface area (Å²) in [6.07, 6.45) is -3.56. The molecule has 144 valence electrons. The Morgan fingerprint density at radius 1 is 1.33 bits per heavy atom. The van der Waals surface area contributed by atoms with Crippen molar-refractivity contribution in [1.82, 2.24) is 19.8 Å². The van der Waals surface area contributed by atoms with Crippen molar-refractivity contribution in [2.45, 2.75) is 49.7 Å². The summed E-state index contributed by atoms with van der Waals surface area (Å²) in [7, 11) is 0. The number of nitrogens with zero attached hydrogens (tertiary/aromatic N) is 3. The van der Waals surface area contributed by atoms with Crippen molar-refractivity contribution >= 4 is 23.0 Å². The third-order valence-electron chi connectivity index (χ3n) is 5.47. The fourth-order valence-electron chi connectivity index (χ4n) is 3.84. The van der Waals surface area contributed by atoms with Crippen LogP contribution in [0.5, 0.6) is 0 Å². The highest BCUT2D eigenvalue weighted by atomic mass is 35.5. The second kappa shape index (κ2) is 5.59. The van der Waals surface area contributed by atoms with Crippen LogP contribution in [-0.2, 0) is 11.0 Å². The number of pyridine rings is 1. The van der Waals surface area contributed by atoms with Gasteiger partial charge in [-0.25, -0.2) is 4.52 Å². The number of hydrogen-bond donors (Lipinski definition) is 2. The average Bonchev–Trinajstić information content (AvgIpc) is 3.50. The first-order chi connectivity index (χ1) is 12.7. The standard InChI is InChI=1S/C17H16ClF3N4O2/c18-14-11-3-8(7-1-2-7)4-12(17(19,20)21)25(11)23-15(14)16(27)24-6-13(26)22-9-5-10(9)24/h3-4,7,9-10,16,27H,1-2,5-6H2,(H,22,26). The predicted molar refractivity (Wildman–Crippen MR) is 89.2 cm³/mol. The van der Waals surface area contributed by atoms with E-state index in [0.717, 1.165) is 23.4 Å². The number of piperazine rings is 1. The van der Waals surface area contributed by atoms with Crippen LogP contribution in [0.3, 0.4) is 0 Å². The molecule has 2 aromatic rings. The molecule has 0 aromatic carbocycles. The maximum Gasteiger partial charge on any atom is 0.433 e. The molecule has 3 atom stereocenters. The lowest BCUT2D eigenvalue weighted by molar-refractivity contribution is -0.142. The summed E-state index contributed by atoms with van der Waals surface area (Å²) in [5.41, 5.74) is -0.271. The fraction of sp³-hybridized carbons (Fsp3) is 0.529. The molecular weight excluding hydrogens is 385 g/mol. The molecule has 0 radical (unpaired) electrons. The summed E-state index contributed by atoms with van der Waals surface area (Å²) in [4.78, 5) is 13.3. The average molecular weight is 401 g/mol. The summed E-state index contributed by atoms with van der Waals surface area (Å²) in [5.74, 6) is -0.131. The molecular formula is C17H16ClF3N4O2. The van der Waals surface area contributed by atoms with Crippen molar-refractivity contribution in [3.8, 4) is 0 Å². The van der Waals surface area contributed by atoms with Crippen LogP contribution >= 0.6 is 11.6 Å². The monoisotopic (exact) mass is 400 g/mol. The minimum Gasteiger partial charge on any atom is -0.372 e. The molecule has 0 bridgehead atoms. The molecule has 3 unspecified atom stereocenters. The van der Waals surface area contributed by atoms with E-state index in [0.29, 0.717) is 12.0 Å². The lowest BCUT2D eigenvalue weighted by Gasteiger charge is -2.29. The summed E-state index contributed by atoms with van der Waals surface area (Å²) < 4.78 is 41.5. The molecule has 3 fully saturated rings. The summed E-state index contributed by atoms with van der Waals surface area (Å²) in [6, 6.07) is 2.63. The van der Waals surface area contributed by atoms with Crippen LogP contribution in [0, 0.1) is 0 Å². The van der Waals surface area contributed by atoms with Crippen molar-refractivity contribution in [1.29, 1.82) is 0 Å². The minimum absolute atomic E-state index is 0.0151. The number of carbonyl (C=O) groups excluding carboxylic acids is 1. The lowest BCUT2D eigenvalue weighted by Crippen LogP contribution is -2.49. The molecule has 10 heteroatoms.